The van der Waals surface area contributed by atoms with Crippen LogP contribution in [0.15, 0.2) is 43.0 Å². The van der Waals surface area contributed by atoms with E-state index in [4.69, 9.17) is 32.5 Å². The number of nitrogens with one attached hydrogen (secondary N) is 1. The maximum Gasteiger partial charge on any atom is 0.435 e. The monoisotopic (exact) mass is 687 g/mol. The number of aromatic nitrogens is 5. The molecule has 2 aliphatic heterocycles. The lowest BCUT2D eigenvalue weighted by atomic mass is 10.1. The number of piperazine rings is 1. The molecule has 0 unspecified atom stereocenters. The summed E-state index contributed by atoms with van der Waals surface area (Å²) in [7, 11) is 0. The first kappa shape index (κ1) is 33.9. The number of carboxylic acid groups (broad SMARTS) is 1. The molecule has 48 heavy (non-hydrogen) atoms. The summed E-state index contributed by atoms with van der Waals surface area (Å²) < 4.78 is 43.6. The van der Waals surface area contributed by atoms with Crippen LogP contribution < -0.4 is 11.1 Å². The Morgan fingerprint density at radius 1 is 1.15 bits per heavy atom. The van der Waals surface area contributed by atoms with Crippen LogP contribution in [0.5, 0.6) is 0 Å². The number of nitrogens with two attached hydrogens (primary N) is 1. The molecule has 4 N–H and O–H groups in total. The van der Waals surface area contributed by atoms with Gasteiger partial charge < -0.3 is 30.9 Å². The van der Waals surface area contributed by atoms with Crippen LogP contribution in [0.2, 0.25) is 5.02 Å². The second-order valence-corrected chi connectivity index (χ2v) is 11.2. The van der Waals surface area contributed by atoms with Gasteiger partial charge >= 0.3 is 12.2 Å². The summed E-state index contributed by atoms with van der Waals surface area (Å²) in [5.41, 5.74) is 5.65. The highest BCUT2D eigenvalue weighted by Crippen LogP contribution is 2.37. The van der Waals surface area contributed by atoms with Gasteiger partial charge in [0, 0.05) is 69.6 Å². The van der Waals surface area contributed by atoms with E-state index in [0.717, 1.165) is 17.3 Å². The van der Waals surface area contributed by atoms with Crippen molar-refractivity contribution in [1.82, 2.24) is 38.8 Å². The van der Waals surface area contributed by atoms with Gasteiger partial charge in [0.2, 0.25) is 0 Å². The molecule has 19 heteroatoms. The first-order chi connectivity index (χ1) is 22.9. The maximum atomic E-state index is 13.8. The van der Waals surface area contributed by atoms with Crippen molar-refractivity contribution in [3.63, 3.8) is 0 Å². The first-order valence-electron chi connectivity index (χ1n) is 14.5. The Balaban J connectivity index is 0.00000145. The number of fused-ring (bicyclic) bond motifs is 1. The van der Waals surface area contributed by atoms with Gasteiger partial charge in [-0.3, -0.25) is 18.7 Å². The molecule has 1 aromatic carbocycles. The fourth-order valence-corrected chi connectivity index (χ4v) is 5.77. The van der Waals surface area contributed by atoms with Crippen molar-refractivity contribution in [1.29, 1.82) is 5.26 Å². The minimum absolute atomic E-state index is 0.00408. The molecule has 5 heterocycles. The number of hydrogen-bond donors (Lipinski definition) is 3. The standard InChI is InChI=1S/C28H27ClF3N11O2.CH2O2/c29-21-13-18(1-2-19(21)26(44)39-9-11-40(12-10-39)27(45)41-6-3-17(34)15-41)37-24-25-36-14-22(43(25)8-5-35-24)20-16-42(7-4-33)38-23(20)28(30,31)32;2-1-3/h1-2,5,8,13-14,16-17H,3,6-7,9-12,15,34H2,(H,35,37);1H,(H,2,3)/t17-;/m0./s1. The average Bonchev–Trinajstić information content (AvgIpc) is 3.80. The molecule has 0 bridgehead atoms. The van der Waals surface area contributed by atoms with Crippen LogP contribution >= 0.6 is 11.6 Å². The number of halogens is 4. The molecule has 0 saturated carbocycles. The molecule has 3 aromatic heterocycles. The lowest BCUT2D eigenvalue weighted by Gasteiger charge is -2.36. The number of rotatable bonds is 5. The van der Waals surface area contributed by atoms with E-state index in [2.05, 4.69) is 20.4 Å². The molecular weight excluding hydrogens is 659 g/mol. The minimum Gasteiger partial charge on any atom is -0.483 e. The molecule has 1 atom stereocenters. The van der Waals surface area contributed by atoms with Crippen LogP contribution in [0.1, 0.15) is 22.5 Å². The van der Waals surface area contributed by atoms with E-state index < -0.39 is 11.9 Å². The van der Waals surface area contributed by atoms with Gasteiger partial charge in [-0.05, 0) is 24.6 Å². The number of urea groups is 1. The number of carbonyl (C=O) groups is 3. The Bertz CT molecular complexity index is 1860. The molecule has 2 saturated heterocycles. The number of imidazole rings is 1. The fourth-order valence-electron chi connectivity index (χ4n) is 5.51. The predicted octanol–water partition coefficient (Wildman–Crippen LogP) is 3.14. The Kier molecular flexibility index (Phi) is 10.0. The number of nitriles is 1. The van der Waals surface area contributed by atoms with Crippen molar-refractivity contribution in [2.75, 3.05) is 44.6 Å². The molecule has 252 valence electrons. The highest BCUT2D eigenvalue weighted by molar-refractivity contribution is 6.34. The Labute approximate surface area is 275 Å². The molecule has 0 spiro atoms. The van der Waals surface area contributed by atoms with Crippen LogP contribution in [0.3, 0.4) is 0 Å². The molecular formula is C29H29ClF3N11O4. The summed E-state index contributed by atoms with van der Waals surface area (Å²) in [6.07, 6.45) is 1.31. The Morgan fingerprint density at radius 3 is 2.48 bits per heavy atom. The lowest BCUT2D eigenvalue weighted by molar-refractivity contribution is -0.141. The maximum absolute atomic E-state index is 13.8. The van der Waals surface area contributed by atoms with E-state index in [-0.39, 0.29) is 64.3 Å². The number of anilines is 2. The Hall–Kier alpha value is -5.41. The minimum atomic E-state index is -4.75. The molecule has 2 fully saturated rings. The van der Waals surface area contributed by atoms with Gasteiger partial charge in [0.05, 0.1) is 34.1 Å². The second kappa shape index (κ2) is 14.1. The van der Waals surface area contributed by atoms with Gasteiger partial charge in [-0.2, -0.15) is 23.5 Å². The molecule has 15 nitrogen and oxygen atoms in total. The number of carbonyl (C=O) groups excluding carboxylic acids is 2. The molecule has 4 aromatic rings. The third kappa shape index (κ3) is 7.11. The SMILES string of the molecule is N#CCn1cc(-c2cnc3c(Nc4ccc(C(=O)N5CCN(C(=O)N6CC[C@H](N)C6)CC5)c(Cl)c4)nccn23)c(C(F)(F)F)n1.O=CO. The third-order valence-electron chi connectivity index (χ3n) is 7.76. The molecule has 0 radical (unpaired) electrons. The second-order valence-electron chi connectivity index (χ2n) is 10.8. The number of likely N-dealkylation sites (tertiary alicyclic amines) is 1. The topological polar surface area (TPSA) is 191 Å². The first-order valence-corrected chi connectivity index (χ1v) is 14.9. The zero-order valence-electron chi connectivity index (χ0n) is 25.1. The predicted molar refractivity (Wildman–Crippen MR) is 165 cm³/mol. The summed E-state index contributed by atoms with van der Waals surface area (Å²) in [5, 5.41) is 22.6. The summed E-state index contributed by atoms with van der Waals surface area (Å²) in [4.78, 5) is 48.1. The van der Waals surface area contributed by atoms with Gasteiger partial charge in [-0.25, -0.2) is 14.8 Å². The average molecular weight is 688 g/mol. The lowest BCUT2D eigenvalue weighted by Crippen LogP contribution is -2.54. The van der Waals surface area contributed by atoms with Gasteiger partial charge in [0.25, 0.3) is 12.4 Å². The van der Waals surface area contributed by atoms with E-state index in [1.807, 2.05) is 0 Å². The molecule has 0 aliphatic carbocycles. The molecule has 3 amide bonds. The van der Waals surface area contributed by atoms with E-state index >= 15 is 0 Å². The van der Waals surface area contributed by atoms with Gasteiger partial charge in [0.1, 0.15) is 6.54 Å². The number of nitrogens with zero attached hydrogens (tertiary/aromatic N) is 9. The highest BCUT2D eigenvalue weighted by atomic mass is 35.5. The number of alkyl halides is 3. The highest BCUT2D eigenvalue weighted by Gasteiger charge is 2.38. The van der Waals surface area contributed by atoms with Crippen molar-refractivity contribution in [2.24, 2.45) is 5.73 Å². The van der Waals surface area contributed by atoms with Crippen LogP contribution in [0.25, 0.3) is 16.9 Å². The van der Waals surface area contributed by atoms with E-state index in [0.29, 0.717) is 45.0 Å². The third-order valence-corrected chi connectivity index (χ3v) is 8.07. The zero-order valence-corrected chi connectivity index (χ0v) is 25.9. The van der Waals surface area contributed by atoms with Gasteiger partial charge in [-0.15, -0.1) is 0 Å². The summed E-state index contributed by atoms with van der Waals surface area (Å²) in [5.74, 6) is -0.0333. The smallest absolute Gasteiger partial charge is 0.435 e. The normalized spacial score (nSPS) is 16.3. The molecule has 6 rings (SSSR count). The molecule has 2 aliphatic rings. The van der Waals surface area contributed by atoms with E-state index in [1.165, 1.54) is 23.0 Å². The van der Waals surface area contributed by atoms with E-state index in [1.54, 1.807) is 39.0 Å². The summed E-state index contributed by atoms with van der Waals surface area (Å²) in [6, 6.07) is 6.48. The number of amides is 3. The van der Waals surface area contributed by atoms with Gasteiger partial charge in [0.15, 0.2) is 17.2 Å². The summed E-state index contributed by atoms with van der Waals surface area (Å²) >= 11 is 6.53. The van der Waals surface area contributed by atoms with Crippen LogP contribution in [0, 0.1) is 11.3 Å². The number of hydrogen-bond acceptors (Lipinski definition) is 9. The van der Waals surface area contributed by atoms with Crippen molar-refractivity contribution in [3.8, 4) is 17.3 Å². The number of benzene rings is 1. The fraction of sp³-hybridized carbons (Fsp3) is 0.345. The van der Waals surface area contributed by atoms with Crippen LogP contribution in [-0.4, -0.2) is 108 Å². The van der Waals surface area contributed by atoms with Crippen molar-refractivity contribution in [2.45, 2.75) is 25.2 Å². The summed E-state index contributed by atoms with van der Waals surface area (Å²) in [6.45, 7) is 2.10. The zero-order chi connectivity index (χ0) is 34.6. The van der Waals surface area contributed by atoms with Crippen molar-refractivity contribution < 1.29 is 32.7 Å². The van der Waals surface area contributed by atoms with Crippen molar-refractivity contribution in [3.05, 3.63) is 59.3 Å². The van der Waals surface area contributed by atoms with Crippen LogP contribution in [-0.2, 0) is 17.5 Å². The largest absolute Gasteiger partial charge is 0.483 e. The Morgan fingerprint density at radius 2 is 1.85 bits per heavy atom. The van der Waals surface area contributed by atoms with E-state index in [9.17, 15) is 22.8 Å². The van der Waals surface area contributed by atoms with Crippen LogP contribution in [0.4, 0.5) is 29.5 Å². The van der Waals surface area contributed by atoms with Crippen molar-refractivity contribution >= 4 is 47.2 Å². The quantitative estimate of drug-likeness (QED) is 0.263. The van der Waals surface area contributed by atoms with Gasteiger partial charge in [-0.1, -0.05) is 11.6 Å².